The first-order chi connectivity index (χ1) is 10.2. The van der Waals surface area contributed by atoms with Crippen molar-refractivity contribution in [2.45, 2.75) is 37.5 Å². The number of hydrogen-bond acceptors (Lipinski definition) is 2. The maximum absolute atomic E-state index is 12.8. The highest BCUT2D eigenvalue weighted by Crippen LogP contribution is 2.38. The summed E-state index contributed by atoms with van der Waals surface area (Å²) in [5.74, 6) is -0.619. The van der Waals surface area contributed by atoms with Gasteiger partial charge in [0, 0.05) is 32.4 Å². The number of carbonyl (C=O) groups excluding carboxylic acids is 1. The molecule has 1 fully saturated rings. The molecule has 122 valence electrons. The van der Waals surface area contributed by atoms with Crippen LogP contribution in [0.5, 0.6) is 0 Å². The fourth-order valence-corrected chi connectivity index (χ4v) is 2.47. The number of piperidine rings is 1. The summed E-state index contributed by atoms with van der Waals surface area (Å²) in [4.78, 5) is 13.3. The van der Waals surface area contributed by atoms with E-state index >= 15 is 0 Å². The third kappa shape index (κ3) is 3.76. The van der Waals surface area contributed by atoms with E-state index in [1.54, 1.807) is 12.1 Å². The van der Waals surface area contributed by atoms with Crippen LogP contribution in [-0.2, 0) is 11.2 Å². The Morgan fingerprint density at radius 2 is 1.73 bits per heavy atom. The van der Waals surface area contributed by atoms with Gasteiger partial charge in [-0.3, -0.25) is 4.79 Å². The Hall–Kier alpha value is -1.63. The Morgan fingerprint density at radius 1 is 1.18 bits per heavy atom. The summed E-state index contributed by atoms with van der Waals surface area (Å²) < 4.78 is 50.8. The molecule has 0 saturated carbocycles. The molecule has 2 rings (SSSR count). The second-order valence-electron chi connectivity index (χ2n) is 5.54. The molecule has 0 atom stereocenters. The molecule has 1 N–H and O–H groups in total. The first kappa shape index (κ1) is 16.7. The molecule has 1 saturated heterocycles. The first-order valence-corrected chi connectivity index (χ1v) is 7.03. The molecular formula is C15H17F4NO2. The number of likely N-dealkylation sites (tertiary alicyclic amines) is 1. The van der Waals surface area contributed by atoms with Crippen molar-refractivity contribution in [1.29, 1.82) is 0 Å². The molecule has 7 heteroatoms. The van der Waals surface area contributed by atoms with Crippen molar-refractivity contribution in [1.82, 2.24) is 4.90 Å². The van der Waals surface area contributed by atoms with Gasteiger partial charge in [0.25, 0.3) is 0 Å². The quantitative estimate of drug-likeness (QED) is 0.870. The highest BCUT2D eigenvalue weighted by molar-refractivity contribution is 5.76. The smallest absolute Gasteiger partial charge is 0.380 e. The number of carbonyl (C=O) groups is 1. The van der Waals surface area contributed by atoms with Crippen molar-refractivity contribution in [3.8, 4) is 0 Å². The molecule has 1 aromatic rings. The predicted octanol–water partition coefficient (Wildman–Crippen LogP) is 2.67. The molecule has 22 heavy (non-hydrogen) atoms. The molecule has 1 aliphatic heterocycles. The lowest BCUT2D eigenvalue weighted by Crippen LogP contribution is -2.54. The predicted molar refractivity (Wildman–Crippen MR) is 71.5 cm³/mol. The highest BCUT2D eigenvalue weighted by Gasteiger charge is 2.54. The van der Waals surface area contributed by atoms with Gasteiger partial charge in [0.2, 0.25) is 5.91 Å². The van der Waals surface area contributed by atoms with Gasteiger partial charge >= 0.3 is 6.18 Å². The molecule has 1 aliphatic rings. The van der Waals surface area contributed by atoms with Gasteiger partial charge < -0.3 is 10.0 Å². The molecular weight excluding hydrogens is 302 g/mol. The van der Waals surface area contributed by atoms with Crippen molar-refractivity contribution >= 4 is 5.91 Å². The van der Waals surface area contributed by atoms with Crippen LogP contribution in [0.25, 0.3) is 0 Å². The number of hydrogen-bond donors (Lipinski definition) is 1. The summed E-state index contributed by atoms with van der Waals surface area (Å²) in [5, 5.41) is 9.54. The Morgan fingerprint density at radius 3 is 2.23 bits per heavy atom. The van der Waals surface area contributed by atoms with Gasteiger partial charge in [-0.15, -0.1) is 0 Å². The molecule has 0 aliphatic carbocycles. The molecule has 1 aromatic carbocycles. The lowest BCUT2D eigenvalue weighted by atomic mass is 9.90. The summed E-state index contributed by atoms with van der Waals surface area (Å²) in [7, 11) is 0. The minimum absolute atomic E-state index is 0.113. The van der Waals surface area contributed by atoms with E-state index in [1.807, 2.05) is 0 Å². The number of halogens is 4. The van der Waals surface area contributed by atoms with E-state index in [4.69, 9.17) is 0 Å². The fraction of sp³-hybridized carbons (Fsp3) is 0.533. The lowest BCUT2D eigenvalue weighted by molar-refractivity contribution is -0.272. The largest absolute Gasteiger partial charge is 0.417 e. The minimum atomic E-state index is -4.67. The number of rotatable bonds is 3. The average Bonchev–Trinajstić information content (AvgIpc) is 2.46. The molecule has 1 heterocycles. The fourth-order valence-electron chi connectivity index (χ4n) is 2.47. The van der Waals surface area contributed by atoms with Crippen LogP contribution in [0.3, 0.4) is 0 Å². The second kappa shape index (κ2) is 6.24. The van der Waals surface area contributed by atoms with Gasteiger partial charge in [0.05, 0.1) is 0 Å². The zero-order valence-electron chi connectivity index (χ0n) is 11.9. The maximum atomic E-state index is 12.8. The maximum Gasteiger partial charge on any atom is 0.417 e. The van der Waals surface area contributed by atoms with Crippen molar-refractivity contribution in [3.05, 3.63) is 35.6 Å². The monoisotopic (exact) mass is 319 g/mol. The van der Waals surface area contributed by atoms with Gasteiger partial charge in [-0.05, 0) is 24.1 Å². The lowest BCUT2D eigenvalue weighted by Gasteiger charge is -2.39. The van der Waals surface area contributed by atoms with Crippen LogP contribution >= 0.6 is 0 Å². The number of alkyl halides is 3. The van der Waals surface area contributed by atoms with Crippen LogP contribution in [0.4, 0.5) is 17.6 Å². The van der Waals surface area contributed by atoms with Crippen LogP contribution in [0.2, 0.25) is 0 Å². The number of nitrogens with zero attached hydrogens (tertiary/aromatic N) is 1. The van der Waals surface area contributed by atoms with E-state index < -0.39 is 24.6 Å². The van der Waals surface area contributed by atoms with Gasteiger partial charge in [0.1, 0.15) is 5.82 Å². The topological polar surface area (TPSA) is 40.5 Å². The van der Waals surface area contributed by atoms with Crippen LogP contribution in [0.1, 0.15) is 24.8 Å². The minimum Gasteiger partial charge on any atom is -0.380 e. The molecule has 0 radical (unpaired) electrons. The SMILES string of the molecule is O=C(CCc1ccc(F)cc1)N1CCC(O)(C(F)(F)F)CC1. The molecule has 0 unspecified atom stereocenters. The van der Waals surface area contributed by atoms with Gasteiger partial charge in [-0.1, -0.05) is 12.1 Å². The Balaban J connectivity index is 1.84. The van der Waals surface area contributed by atoms with E-state index in [0.717, 1.165) is 5.56 Å². The van der Waals surface area contributed by atoms with Crippen molar-refractivity contribution in [3.63, 3.8) is 0 Å². The Labute approximate surface area is 125 Å². The summed E-state index contributed by atoms with van der Waals surface area (Å²) in [6.07, 6.45) is -5.12. The standard InChI is InChI=1S/C15H17F4NO2/c16-12-4-1-11(2-5-12)3-6-13(21)20-9-7-14(22,8-10-20)15(17,18)19/h1-2,4-5,22H,3,6-10H2. The van der Waals surface area contributed by atoms with Crippen LogP contribution < -0.4 is 0 Å². The average molecular weight is 319 g/mol. The normalized spacial score (nSPS) is 18.3. The van der Waals surface area contributed by atoms with E-state index in [0.29, 0.717) is 6.42 Å². The molecule has 1 amide bonds. The van der Waals surface area contributed by atoms with Gasteiger partial charge in [-0.2, -0.15) is 13.2 Å². The van der Waals surface area contributed by atoms with Crippen molar-refractivity contribution in [2.75, 3.05) is 13.1 Å². The number of benzene rings is 1. The van der Waals surface area contributed by atoms with Crippen molar-refractivity contribution in [2.24, 2.45) is 0 Å². The second-order valence-corrected chi connectivity index (χ2v) is 5.54. The number of amides is 1. The summed E-state index contributed by atoms with van der Waals surface area (Å²) in [6.45, 7) is -0.226. The number of aryl methyl sites for hydroxylation is 1. The Bertz CT molecular complexity index is 519. The molecule has 0 spiro atoms. The summed E-state index contributed by atoms with van der Waals surface area (Å²) >= 11 is 0. The summed E-state index contributed by atoms with van der Waals surface area (Å²) in [6, 6.07) is 5.73. The van der Waals surface area contributed by atoms with E-state index in [-0.39, 0.29) is 31.2 Å². The third-order valence-corrected chi connectivity index (χ3v) is 4.01. The van der Waals surface area contributed by atoms with E-state index in [9.17, 15) is 27.5 Å². The van der Waals surface area contributed by atoms with Crippen LogP contribution in [-0.4, -0.2) is 40.8 Å². The van der Waals surface area contributed by atoms with Crippen molar-refractivity contribution < 1.29 is 27.5 Å². The molecule has 3 nitrogen and oxygen atoms in total. The molecule has 0 bridgehead atoms. The summed E-state index contributed by atoms with van der Waals surface area (Å²) in [5.41, 5.74) is -1.90. The highest BCUT2D eigenvalue weighted by atomic mass is 19.4. The van der Waals surface area contributed by atoms with Gasteiger partial charge in [-0.25, -0.2) is 4.39 Å². The zero-order chi connectivity index (χ0) is 16.4. The number of aliphatic hydroxyl groups is 1. The molecule has 0 aromatic heterocycles. The van der Waals surface area contributed by atoms with E-state index in [2.05, 4.69) is 0 Å². The zero-order valence-corrected chi connectivity index (χ0v) is 11.9. The van der Waals surface area contributed by atoms with Gasteiger partial charge in [0.15, 0.2) is 5.60 Å². The van der Waals surface area contributed by atoms with Crippen LogP contribution in [0.15, 0.2) is 24.3 Å². The third-order valence-electron chi connectivity index (χ3n) is 4.01. The van der Waals surface area contributed by atoms with Crippen LogP contribution in [0, 0.1) is 5.82 Å². The van der Waals surface area contributed by atoms with E-state index in [1.165, 1.54) is 17.0 Å². The first-order valence-electron chi connectivity index (χ1n) is 7.03. The Kier molecular flexibility index (Phi) is 4.75.